The number of nitrogens with zero attached hydrogens (tertiary/aromatic N) is 4. The maximum atomic E-state index is 13.3. The molecule has 2 aliphatic carbocycles. The van der Waals surface area contributed by atoms with Crippen molar-refractivity contribution in [3.63, 3.8) is 0 Å². The van der Waals surface area contributed by atoms with Crippen LogP contribution in [0.2, 0.25) is 0 Å². The molecule has 1 saturated carbocycles. The number of ether oxygens (including phenoxy) is 2. The molecule has 2 fully saturated rings. The first-order chi connectivity index (χ1) is 16.4. The van der Waals surface area contributed by atoms with Crippen molar-refractivity contribution in [2.45, 2.75) is 39.2 Å². The summed E-state index contributed by atoms with van der Waals surface area (Å²) in [6.45, 7) is 7.18. The van der Waals surface area contributed by atoms with Gasteiger partial charge in [0.2, 0.25) is 5.91 Å². The van der Waals surface area contributed by atoms with Gasteiger partial charge in [-0.1, -0.05) is 6.92 Å². The molecule has 9 nitrogen and oxygen atoms in total. The molecule has 9 heteroatoms. The highest BCUT2D eigenvalue weighted by Crippen LogP contribution is 2.59. The number of methoxy groups -OCH3 is 1. The number of imidazole rings is 1. The molecule has 3 aliphatic rings. The molecule has 3 aromatic rings. The molecule has 0 radical (unpaired) electrons. The van der Waals surface area contributed by atoms with Crippen LogP contribution in [0.25, 0.3) is 22.6 Å². The van der Waals surface area contributed by atoms with Gasteiger partial charge in [-0.25, -0.2) is 4.98 Å². The molecule has 180 valence electrons. The third-order valence-corrected chi connectivity index (χ3v) is 8.17. The van der Waals surface area contributed by atoms with E-state index in [0.29, 0.717) is 24.4 Å². The van der Waals surface area contributed by atoms with Gasteiger partial charge in [0.1, 0.15) is 17.0 Å². The van der Waals surface area contributed by atoms with Gasteiger partial charge < -0.3 is 19.4 Å². The van der Waals surface area contributed by atoms with E-state index < -0.39 is 0 Å². The quantitative estimate of drug-likeness (QED) is 0.602. The number of carbonyl (C=O) groups is 1. The normalized spacial score (nSPS) is 25.0. The fourth-order valence-electron chi connectivity index (χ4n) is 5.71. The predicted octanol–water partition coefficient (Wildman–Crippen LogP) is 2.77. The number of morpholine rings is 1. The fourth-order valence-corrected chi connectivity index (χ4v) is 5.71. The Labute approximate surface area is 198 Å². The molecule has 0 spiro atoms. The van der Waals surface area contributed by atoms with Crippen LogP contribution in [0, 0.1) is 11.3 Å². The third kappa shape index (κ3) is 3.41. The molecule has 1 aromatic carbocycles. The van der Waals surface area contributed by atoms with Gasteiger partial charge in [0.05, 0.1) is 31.9 Å². The van der Waals surface area contributed by atoms with Gasteiger partial charge in [-0.05, 0) is 43.6 Å². The standard InChI is InChI=1S/C25H32N6O3/c1-14(31-5-7-34-8-6-31)24(32)30(3)16-10-18-22(20(11-16)33-4)27-23(26-18)21-17-9-15-12-25(15,2)13-19(17)28-29-21/h10-11,14-15H,5-9,12-13H2,1-4H3,(H,26,27)(H,28,29)/t14-,15+,25+/m0/s1. The summed E-state index contributed by atoms with van der Waals surface area (Å²) in [6.07, 6.45) is 3.39. The van der Waals surface area contributed by atoms with Crippen molar-refractivity contribution >= 4 is 22.6 Å². The first-order valence-corrected chi connectivity index (χ1v) is 12.1. The summed E-state index contributed by atoms with van der Waals surface area (Å²) in [5, 5.41) is 7.89. The number of nitrogens with one attached hydrogen (secondary N) is 2. The Kier molecular flexibility index (Phi) is 4.97. The van der Waals surface area contributed by atoms with Gasteiger partial charge in [-0.15, -0.1) is 0 Å². The third-order valence-electron chi connectivity index (χ3n) is 8.17. The van der Waals surface area contributed by atoms with Crippen LogP contribution in [-0.4, -0.2) is 77.5 Å². The Hall–Kier alpha value is -2.91. The summed E-state index contributed by atoms with van der Waals surface area (Å²) >= 11 is 0. The van der Waals surface area contributed by atoms with E-state index in [0.717, 1.165) is 60.1 Å². The van der Waals surface area contributed by atoms with Crippen LogP contribution in [0.4, 0.5) is 5.69 Å². The molecule has 2 N–H and O–H groups in total. The molecular formula is C25H32N6O3. The summed E-state index contributed by atoms with van der Waals surface area (Å²) in [6, 6.07) is 3.62. The number of fused-ring (bicyclic) bond motifs is 3. The molecule has 6 rings (SSSR count). The van der Waals surface area contributed by atoms with Gasteiger partial charge in [-0.3, -0.25) is 14.8 Å². The van der Waals surface area contributed by atoms with Crippen LogP contribution in [0.3, 0.4) is 0 Å². The monoisotopic (exact) mass is 464 g/mol. The maximum absolute atomic E-state index is 13.3. The number of benzene rings is 1. The van der Waals surface area contributed by atoms with Crippen molar-refractivity contribution < 1.29 is 14.3 Å². The van der Waals surface area contributed by atoms with E-state index in [1.807, 2.05) is 26.1 Å². The second-order valence-corrected chi connectivity index (χ2v) is 10.3. The van der Waals surface area contributed by atoms with Crippen LogP contribution in [-0.2, 0) is 22.4 Å². The number of aromatic amines is 2. The van der Waals surface area contributed by atoms with E-state index in [-0.39, 0.29) is 11.9 Å². The zero-order valence-corrected chi connectivity index (χ0v) is 20.3. The van der Waals surface area contributed by atoms with Crippen LogP contribution in [0.15, 0.2) is 12.1 Å². The number of anilines is 1. The van der Waals surface area contributed by atoms with Crippen molar-refractivity contribution in [2.24, 2.45) is 11.3 Å². The lowest BCUT2D eigenvalue weighted by molar-refractivity contribution is -0.124. The van der Waals surface area contributed by atoms with Crippen LogP contribution < -0.4 is 9.64 Å². The summed E-state index contributed by atoms with van der Waals surface area (Å²) in [5.74, 6) is 2.16. The summed E-state index contributed by atoms with van der Waals surface area (Å²) < 4.78 is 11.1. The van der Waals surface area contributed by atoms with E-state index in [1.54, 1.807) is 12.0 Å². The van der Waals surface area contributed by atoms with Gasteiger partial charge >= 0.3 is 0 Å². The molecule has 3 atom stereocenters. The largest absolute Gasteiger partial charge is 0.494 e. The number of H-pyrrole nitrogens is 2. The van der Waals surface area contributed by atoms with Crippen molar-refractivity contribution in [3.05, 3.63) is 23.4 Å². The van der Waals surface area contributed by atoms with Gasteiger partial charge in [0, 0.05) is 43.1 Å². The molecule has 0 bridgehead atoms. The Morgan fingerprint density at radius 3 is 2.91 bits per heavy atom. The highest BCUT2D eigenvalue weighted by atomic mass is 16.5. The number of hydrogen-bond acceptors (Lipinski definition) is 6. The number of carbonyl (C=O) groups excluding carboxylic acids is 1. The Bertz CT molecular complexity index is 1260. The molecule has 1 aliphatic heterocycles. The molecule has 1 saturated heterocycles. The lowest BCUT2D eigenvalue weighted by Gasteiger charge is -2.33. The van der Waals surface area contributed by atoms with Gasteiger partial charge in [0.25, 0.3) is 0 Å². The van der Waals surface area contributed by atoms with E-state index in [4.69, 9.17) is 14.5 Å². The molecule has 2 aromatic heterocycles. The zero-order valence-electron chi connectivity index (χ0n) is 20.3. The smallest absolute Gasteiger partial charge is 0.243 e. The van der Waals surface area contributed by atoms with Gasteiger partial charge in [-0.2, -0.15) is 5.10 Å². The van der Waals surface area contributed by atoms with Crippen molar-refractivity contribution in [2.75, 3.05) is 45.4 Å². The average molecular weight is 465 g/mol. The molecule has 0 unspecified atom stereocenters. The topological polar surface area (TPSA) is 99.4 Å². The van der Waals surface area contributed by atoms with E-state index >= 15 is 0 Å². The molecule has 34 heavy (non-hydrogen) atoms. The van der Waals surface area contributed by atoms with E-state index in [1.165, 1.54) is 17.7 Å². The van der Waals surface area contributed by atoms with Gasteiger partial charge in [0.15, 0.2) is 5.82 Å². The number of aromatic nitrogens is 4. The molecular weight excluding hydrogens is 432 g/mol. The lowest BCUT2D eigenvalue weighted by atomic mass is 9.88. The zero-order chi connectivity index (χ0) is 23.6. The minimum atomic E-state index is -0.225. The maximum Gasteiger partial charge on any atom is 0.243 e. The van der Waals surface area contributed by atoms with Crippen molar-refractivity contribution in [1.29, 1.82) is 0 Å². The minimum Gasteiger partial charge on any atom is -0.494 e. The first kappa shape index (κ1) is 21.6. The Balaban J connectivity index is 1.32. The summed E-state index contributed by atoms with van der Waals surface area (Å²) in [5.41, 5.74) is 6.19. The minimum absolute atomic E-state index is 0.0388. The number of amides is 1. The van der Waals surface area contributed by atoms with Crippen LogP contribution in [0.1, 0.15) is 31.5 Å². The van der Waals surface area contributed by atoms with Crippen molar-refractivity contribution in [3.8, 4) is 17.3 Å². The van der Waals surface area contributed by atoms with Crippen molar-refractivity contribution in [1.82, 2.24) is 25.1 Å². The predicted molar refractivity (Wildman–Crippen MR) is 129 cm³/mol. The second kappa shape index (κ2) is 7.81. The Morgan fingerprint density at radius 1 is 1.35 bits per heavy atom. The second-order valence-electron chi connectivity index (χ2n) is 10.3. The summed E-state index contributed by atoms with van der Waals surface area (Å²) in [7, 11) is 3.45. The SMILES string of the molecule is COc1cc(N(C)C(=O)[C@H](C)N2CCOCC2)cc2[nH]c(-c3n[nH]c4c3C[C@@H]3C[C@]3(C)C4)nc12. The Morgan fingerprint density at radius 2 is 2.15 bits per heavy atom. The fraction of sp³-hybridized carbons (Fsp3) is 0.560. The highest BCUT2D eigenvalue weighted by Gasteiger charge is 2.53. The van der Waals surface area contributed by atoms with Crippen LogP contribution in [0.5, 0.6) is 5.75 Å². The highest BCUT2D eigenvalue weighted by molar-refractivity contribution is 5.99. The van der Waals surface area contributed by atoms with E-state index in [2.05, 4.69) is 27.0 Å². The first-order valence-electron chi connectivity index (χ1n) is 12.1. The summed E-state index contributed by atoms with van der Waals surface area (Å²) in [4.78, 5) is 25.4. The van der Waals surface area contributed by atoms with E-state index in [9.17, 15) is 4.79 Å². The lowest BCUT2D eigenvalue weighted by Crippen LogP contribution is -2.50. The average Bonchev–Trinajstić information content (AvgIpc) is 3.15. The number of rotatable bonds is 5. The molecule has 1 amide bonds. The van der Waals surface area contributed by atoms with Crippen LogP contribution >= 0.6 is 0 Å². The molecule has 3 heterocycles. The number of likely N-dealkylation sites (N-methyl/N-ethyl adjacent to an activating group) is 1. The number of hydrogen-bond donors (Lipinski definition) is 2.